The fourth-order valence-corrected chi connectivity index (χ4v) is 1.69. The van der Waals surface area contributed by atoms with Gasteiger partial charge < -0.3 is 14.5 Å². The van der Waals surface area contributed by atoms with E-state index in [4.69, 9.17) is 9.15 Å². The van der Waals surface area contributed by atoms with Crippen LogP contribution in [0.5, 0.6) is 5.75 Å². The predicted octanol–water partition coefficient (Wildman–Crippen LogP) is 2.89. The van der Waals surface area contributed by atoms with Crippen LogP contribution in [0, 0.1) is 6.92 Å². The number of furan rings is 1. The molecule has 0 aliphatic rings. The van der Waals surface area contributed by atoms with Gasteiger partial charge in [-0.3, -0.25) is 0 Å². The standard InChI is InChI=1S/C14H17NO2/c1-11-6-7-17-14(11)10-15-9-12-4-3-5-13(8-12)16-2/h3-8,15H,9-10H2,1-2H3. The third-order valence-electron chi connectivity index (χ3n) is 2.72. The number of benzene rings is 1. The topological polar surface area (TPSA) is 34.4 Å². The number of hydrogen-bond donors (Lipinski definition) is 1. The molecule has 0 spiro atoms. The molecule has 1 aromatic carbocycles. The van der Waals surface area contributed by atoms with Gasteiger partial charge in [0.05, 0.1) is 19.9 Å². The molecule has 0 atom stereocenters. The molecule has 1 aromatic heterocycles. The Balaban J connectivity index is 1.87. The monoisotopic (exact) mass is 231 g/mol. The largest absolute Gasteiger partial charge is 0.497 e. The lowest BCUT2D eigenvalue weighted by molar-refractivity contribution is 0.414. The highest BCUT2D eigenvalue weighted by molar-refractivity contribution is 5.28. The molecule has 0 aliphatic heterocycles. The molecule has 0 unspecified atom stereocenters. The minimum absolute atomic E-state index is 0.746. The zero-order valence-electron chi connectivity index (χ0n) is 10.2. The fraction of sp³-hybridized carbons (Fsp3) is 0.286. The van der Waals surface area contributed by atoms with Crippen LogP contribution in [0.4, 0.5) is 0 Å². The lowest BCUT2D eigenvalue weighted by atomic mass is 10.2. The summed E-state index contributed by atoms with van der Waals surface area (Å²) in [7, 11) is 1.68. The Bertz CT molecular complexity index is 477. The van der Waals surface area contributed by atoms with Gasteiger partial charge in [-0.1, -0.05) is 12.1 Å². The molecule has 0 bridgehead atoms. The third kappa shape index (κ3) is 3.11. The minimum atomic E-state index is 0.746. The first-order valence-corrected chi connectivity index (χ1v) is 5.66. The van der Waals surface area contributed by atoms with E-state index in [-0.39, 0.29) is 0 Å². The first-order chi connectivity index (χ1) is 8.29. The molecular weight excluding hydrogens is 214 g/mol. The molecule has 3 nitrogen and oxygen atoms in total. The van der Waals surface area contributed by atoms with Gasteiger partial charge in [-0.15, -0.1) is 0 Å². The molecule has 2 aromatic rings. The van der Waals surface area contributed by atoms with E-state index >= 15 is 0 Å². The predicted molar refractivity (Wildman–Crippen MR) is 67.0 cm³/mol. The van der Waals surface area contributed by atoms with Crippen molar-refractivity contribution in [1.82, 2.24) is 5.32 Å². The Morgan fingerprint density at radius 1 is 1.24 bits per heavy atom. The Kier molecular flexibility index (Phi) is 3.83. The molecule has 2 rings (SSSR count). The van der Waals surface area contributed by atoms with Gasteiger partial charge in [0.25, 0.3) is 0 Å². The number of rotatable bonds is 5. The first kappa shape index (κ1) is 11.7. The van der Waals surface area contributed by atoms with Crippen LogP contribution < -0.4 is 10.1 Å². The van der Waals surface area contributed by atoms with Gasteiger partial charge in [-0.25, -0.2) is 0 Å². The average Bonchev–Trinajstić information content (AvgIpc) is 2.76. The van der Waals surface area contributed by atoms with Crippen molar-refractivity contribution in [2.45, 2.75) is 20.0 Å². The van der Waals surface area contributed by atoms with Crippen LogP contribution in [0.15, 0.2) is 41.0 Å². The van der Waals surface area contributed by atoms with Crippen LogP contribution in [0.3, 0.4) is 0 Å². The number of ether oxygens (including phenoxy) is 1. The van der Waals surface area contributed by atoms with Gasteiger partial charge >= 0.3 is 0 Å². The molecule has 90 valence electrons. The normalized spacial score (nSPS) is 10.5. The van der Waals surface area contributed by atoms with E-state index in [9.17, 15) is 0 Å². The van der Waals surface area contributed by atoms with Crippen molar-refractivity contribution >= 4 is 0 Å². The maximum Gasteiger partial charge on any atom is 0.120 e. The van der Waals surface area contributed by atoms with E-state index in [1.807, 2.05) is 31.2 Å². The molecule has 1 heterocycles. The quantitative estimate of drug-likeness (QED) is 0.859. The summed E-state index contributed by atoms with van der Waals surface area (Å²) in [6.45, 7) is 3.60. The molecule has 0 saturated carbocycles. The van der Waals surface area contributed by atoms with Crippen LogP contribution >= 0.6 is 0 Å². The molecular formula is C14H17NO2. The van der Waals surface area contributed by atoms with Crippen molar-refractivity contribution in [1.29, 1.82) is 0 Å². The Hall–Kier alpha value is -1.74. The molecule has 0 fully saturated rings. The van der Waals surface area contributed by atoms with E-state index in [1.54, 1.807) is 13.4 Å². The number of nitrogens with one attached hydrogen (secondary N) is 1. The van der Waals surface area contributed by atoms with Crippen molar-refractivity contribution in [2.75, 3.05) is 7.11 Å². The van der Waals surface area contributed by atoms with Crippen LogP contribution in [0.2, 0.25) is 0 Å². The molecule has 0 saturated heterocycles. The van der Waals surface area contributed by atoms with Crippen molar-refractivity contribution in [2.24, 2.45) is 0 Å². The second-order valence-electron chi connectivity index (χ2n) is 3.98. The molecule has 0 aliphatic carbocycles. The van der Waals surface area contributed by atoms with E-state index in [2.05, 4.69) is 11.4 Å². The van der Waals surface area contributed by atoms with E-state index < -0.39 is 0 Å². The molecule has 1 N–H and O–H groups in total. The third-order valence-corrected chi connectivity index (χ3v) is 2.72. The molecule has 17 heavy (non-hydrogen) atoms. The van der Waals surface area contributed by atoms with Crippen molar-refractivity contribution in [3.8, 4) is 5.75 Å². The summed E-state index contributed by atoms with van der Waals surface area (Å²) < 4.78 is 10.5. The van der Waals surface area contributed by atoms with Crippen molar-refractivity contribution in [3.63, 3.8) is 0 Å². The summed E-state index contributed by atoms with van der Waals surface area (Å²) >= 11 is 0. The highest BCUT2D eigenvalue weighted by atomic mass is 16.5. The average molecular weight is 231 g/mol. The van der Waals surface area contributed by atoms with E-state index in [0.29, 0.717) is 0 Å². The number of aryl methyl sites for hydroxylation is 1. The van der Waals surface area contributed by atoms with Crippen LogP contribution in [-0.2, 0) is 13.1 Å². The number of methoxy groups -OCH3 is 1. The lowest BCUT2D eigenvalue weighted by Crippen LogP contribution is -2.12. The Labute approximate surface area is 101 Å². The van der Waals surface area contributed by atoms with Gasteiger partial charge in [0, 0.05) is 6.54 Å². The van der Waals surface area contributed by atoms with Gasteiger partial charge in [-0.2, -0.15) is 0 Å². The van der Waals surface area contributed by atoms with Gasteiger partial charge in [-0.05, 0) is 36.2 Å². The molecule has 3 heteroatoms. The fourth-order valence-electron chi connectivity index (χ4n) is 1.69. The van der Waals surface area contributed by atoms with Gasteiger partial charge in [0.15, 0.2) is 0 Å². The van der Waals surface area contributed by atoms with Gasteiger partial charge in [0.1, 0.15) is 11.5 Å². The van der Waals surface area contributed by atoms with Gasteiger partial charge in [0.2, 0.25) is 0 Å². The summed E-state index contributed by atoms with van der Waals surface area (Å²) in [5.41, 5.74) is 2.39. The summed E-state index contributed by atoms with van der Waals surface area (Å²) in [5.74, 6) is 1.88. The zero-order chi connectivity index (χ0) is 12.1. The maximum absolute atomic E-state index is 5.36. The summed E-state index contributed by atoms with van der Waals surface area (Å²) in [6, 6.07) is 10.0. The maximum atomic E-state index is 5.36. The van der Waals surface area contributed by atoms with Crippen LogP contribution in [0.25, 0.3) is 0 Å². The molecule has 0 radical (unpaired) electrons. The Morgan fingerprint density at radius 2 is 2.12 bits per heavy atom. The summed E-state index contributed by atoms with van der Waals surface area (Å²) in [5, 5.41) is 3.35. The first-order valence-electron chi connectivity index (χ1n) is 5.66. The SMILES string of the molecule is COc1cccc(CNCc2occc2C)c1. The van der Waals surface area contributed by atoms with Crippen LogP contribution in [-0.4, -0.2) is 7.11 Å². The van der Waals surface area contributed by atoms with Crippen LogP contribution in [0.1, 0.15) is 16.9 Å². The van der Waals surface area contributed by atoms with Crippen molar-refractivity contribution in [3.05, 3.63) is 53.5 Å². The highest BCUT2D eigenvalue weighted by Crippen LogP contribution is 2.13. The Morgan fingerprint density at radius 3 is 2.82 bits per heavy atom. The minimum Gasteiger partial charge on any atom is -0.497 e. The highest BCUT2D eigenvalue weighted by Gasteiger charge is 2.01. The summed E-state index contributed by atoms with van der Waals surface area (Å²) in [4.78, 5) is 0. The second-order valence-corrected chi connectivity index (χ2v) is 3.98. The summed E-state index contributed by atoms with van der Waals surface area (Å²) in [6.07, 6.45) is 1.72. The van der Waals surface area contributed by atoms with E-state index in [1.165, 1.54) is 11.1 Å². The van der Waals surface area contributed by atoms with E-state index in [0.717, 1.165) is 24.6 Å². The second kappa shape index (κ2) is 5.55. The number of hydrogen-bond acceptors (Lipinski definition) is 3. The smallest absolute Gasteiger partial charge is 0.120 e. The lowest BCUT2D eigenvalue weighted by Gasteiger charge is -2.06. The zero-order valence-corrected chi connectivity index (χ0v) is 10.2. The van der Waals surface area contributed by atoms with Crippen molar-refractivity contribution < 1.29 is 9.15 Å². The molecule has 0 amide bonds.